The monoisotopic (exact) mass is 315 g/mol. The van der Waals surface area contributed by atoms with E-state index in [-0.39, 0.29) is 0 Å². The first-order chi connectivity index (χ1) is 8.13. The lowest BCUT2D eigenvalue weighted by molar-refractivity contribution is 0.202. The largest absolute Gasteiger partial charge is 0.380 e. The van der Waals surface area contributed by atoms with Gasteiger partial charge < -0.3 is 5.11 Å². The van der Waals surface area contributed by atoms with E-state index in [4.69, 9.17) is 11.6 Å². The van der Waals surface area contributed by atoms with Crippen LogP contribution in [0.2, 0.25) is 5.02 Å². The van der Waals surface area contributed by atoms with Gasteiger partial charge in [0.15, 0.2) is 0 Å². The molecule has 17 heavy (non-hydrogen) atoms. The van der Waals surface area contributed by atoms with Gasteiger partial charge in [-0.05, 0) is 35.0 Å². The molecule has 0 aromatic carbocycles. The van der Waals surface area contributed by atoms with Crippen molar-refractivity contribution in [2.75, 3.05) is 0 Å². The van der Waals surface area contributed by atoms with Gasteiger partial charge in [-0.25, -0.2) is 0 Å². The lowest BCUT2D eigenvalue weighted by Gasteiger charge is -2.12. The minimum Gasteiger partial charge on any atom is -0.380 e. The highest BCUT2D eigenvalue weighted by Crippen LogP contribution is 2.27. The SMILES string of the molecule is CCn1ncc(Br)c1C(O)c1ccc(Cl)cn1. The number of halogens is 2. The molecule has 0 aliphatic rings. The van der Waals surface area contributed by atoms with Gasteiger partial charge in [-0.2, -0.15) is 5.10 Å². The van der Waals surface area contributed by atoms with Crippen LogP contribution in [-0.2, 0) is 6.54 Å². The fourth-order valence-corrected chi connectivity index (χ4v) is 2.21. The molecular formula is C11H11BrClN3O. The molecule has 0 fully saturated rings. The van der Waals surface area contributed by atoms with Gasteiger partial charge in [-0.1, -0.05) is 11.6 Å². The maximum Gasteiger partial charge on any atom is 0.139 e. The molecule has 0 aliphatic heterocycles. The van der Waals surface area contributed by atoms with Crippen molar-refractivity contribution in [1.82, 2.24) is 14.8 Å². The molecule has 0 radical (unpaired) electrons. The summed E-state index contributed by atoms with van der Waals surface area (Å²) in [6.45, 7) is 2.65. The van der Waals surface area contributed by atoms with E-state index in [9.17, 15) is 5.11 Å². The molecule has 0 saturated carbocycles. The molecule has 0 amide bonds. The van der Waals surface area contributed by atoms with Gasteiger partial charge >= 0.3 is 0 Å². The highest BCUT2D eigenvalue weighted by atomic mass is 79.9. The van der Waals surface area contributed by atoms with Crippen LogP contribution in [0, 0.1) is 0 Å². The van der Waals surface area contributed by atoms with Crippen LogP contribution in [0.25, 0.3) is 0 Å². The third-order valence-electron chi connectivity index (χ3n) is 2.42. The van der Waals surface area contributed by atoms with Crippen molar-refractivity contribution in [3.8, 4) is 0 Å². The molecule has 0 aliphatic carbocycles. The zero-order valence-corrected chi connectivity index (χ0v) is 11.5. The summed E-state index contributed by atoms with van der Waals surface area (Å²) in [6.07, 6.45) is 2.36. The Labute approximate surface area is 112 Å². The minimum atomic E-state index is -0.816. The number of rotatable bonds is 3. The number of aliphatic hydroxyl groups excluding tert-OH is 1. The molecule has 0 spiro atoms. The van der Waals surface area contributed by atoms with E-state index in [0.717, 1.165) is 4.47 Å². The average Bonchev–Trinajstić information content (AvgIpc) is 2.70. The quantitative estimate of drug-likeness (QED) is 0.947. The number of pyridine rings is 1. The van der Waals surface area contributed by atoms with Crippen LogP contribution in [0.15, 0.2) is 29.0 Å². The molecule has 0 bridgehead atoms. The third kappa shape index (κ3) is 2.51. The molecule has 2 heterocycles. The van der Waals surface area contributed by atoms with Crippen LogP contribution < -0.4 is 0 Å². The zero-order valence-electron chi connectivity index (χ0n) is 9.14. The van der Waals surface area contributed by atoms with Crippen LogP contribution in [0.3, 0.4) is 0 Å². The second-order valence-corrected chi connectivity index (χ2v) is 4.79. The van der Waals surface area contributed by atoms with Crippen molar-refractivity contribution in [2.45, 2.75) is 19.6 Å². The van der Waals surface area contributed by atoms with Crippen molar-refractivity contribution in [1.29, 1.82) is 0 Å². The van der Waals surface area contributed by atoms with Gasteiger partial charge in [-0.3, -0.25) is 9.67 Å². The predicted molar refractivity (Wildman–Crippen MR) is 68.9 cm³/mol. The summed E-state index contributed by atoms with van der Waals surface area (Å²) in [4.78, 5) is 4.11. The lowest BCUT2D eigenvalue weighted by Crippen LogP contribution is -2.10. The molecule has 2 rings (SSSR count). The minimum absolute atomic E-state index is 0.545. The molecular weight excluding hydrogens is 305 g/mol. The van der Waals surface area contributed by atoms with Crippen molar-refractivity contribution < 1.29 is 5.11 Å². The Hall–Kier alpha value is -0.910. The van der Waals surface area contributed by atoms with Crippen molar-refractivity contribution in [2.24, 2.45) is 0 Å². The number of nitrogens with zero attached hydrogens (tertiary/aromatic N) is 3. The smallest absolute Gasteiger partial charge is 0.139 e. The molecule has 90 valence electrons. The normalized spacial score (nSPS) is 12.7. The van der Waals surface area contributed by atoms with E-state index < -0.39 is 6.10 Å². The average molecular weight is 317 g/mol. The molecule has 1 unspecified atom stereocenters. The standard InChI is InChI=1S/C11H11BrClN3O/c1-2-16-10(8(12)6-15-16)11(17)9-4-3-7(13)5-14-9/h3-6,11,17H,2H2,1H3. The fourth-order valence-electron chi connectivity index (χ4n) is 1.58. The molecule has 1 atom stereocenters. The van der Waals surface area contributed by atoms with Crippen LogP contribution in [0.5, 0.6) is 0 Å². The van der Waals surface area contributed by atoms with Crippen molar-refractivity contribution in [3.05, 3.63) is 45.4 Å². The van der Waals surface area contributed by atoms with Gasteiger partial charge in [0.05, 0.1) is 27.1 Å². The topological polar surface area (TPSA) is 50.9 Å². The summed E-state index contributed by atoms with van der Waals surface area (Å²) in [6, 6.07) is 3.40. The summed E-state index contributed by atoms with van der Waals surface area (Å²) in [5.41, 5.74) is 1.24. The Kier molecular flexibility index (Phi) is 3.81. The Morgan fingerprint density at radius 1 is 1.47 bits per heavy atom. The summed E-state index contributed by atoms with van der Waals surface area (Å²) in [5, 5.41) is 15.0. The summed E-state index contributed by atoms with van der Waals surface area (Å²) < 4.78 is 2.49. The number of hydrogen-bond donors (Lipinski definition) is 1. The van der Waals surface area contributed by atoms with Gasteiger partial charge in [-0.15, -0.1) is 0 Å². The van der Waals surface area contributed by atoms with E-state index in [1.807, 2.05) is 6.92 Å². The molecule has 1 N–H and O–H groups in total. The van der Waals surface area contributed by atoms with Gasteiger partial charge in [0.1, 0.15) is 6.10 Å². The number of aryl methyl sites for hydroxylation is 1. The van der Waals surface area contributed by atoms with E-state index in [1.165, 1.54) is 6.20 Å². The third-order valence-corrected chi connectivity index (χ3v) is 3.26. The Bertz CT molecular complexity index is 512. The van der Waals surface area contributed by atoms with E-state index in [0.29, 0.717) is 23.0 Å². The first-order valence-corrected chi connectivity index (χ1v) is 6.31. The number of aliphatic hydroxyl groups is 1. The summed E-state index contributed by atoms with van der Waals surface area (Å²) in [7, 11) is 0. The Morgan fingerprint density at radius 3 is 2.82 bits per heavy atom. The Balaban J connectivity index is 2.39. The highest BCUT2D eigenvalue weighted by molar-refractivity contribution is 9.10. The van der Waals surface area contributed by atoms with Crippen LogP contribution in [0.4, 0.5) is 0 Å². The van der Waals surface area contributed by atoms with Crippen LogP contribution >= 0.6 is 27.5 Å². The first-order valence-electron chi connectivity index (χ1n) is 5.14. The summed E-state index contributed by atoms with van der Waals surface area (Å²) in [5.74, 6) is 0. The molecule has 2 aromatic heterocycles. The zero-order chi connectivity index (χ0) is 12.4. The fraction of sp³-hybridized carbons (Fsp3) is 0.273. The second kappa shape index (κ2) is 5.16. The predicted octanol–water partition coefficient (Wildman–Crippen LogP) is 2.80. The number of hydrogen-bond acceptors (Lipinski definition) is 3. The van der Waals surface area contributed by atoms with E-state index in [2.05, 4.69) is 26.0 Å². The second-order valence-electron chi connectivity index (χ2n) is 3.50. The van der Waals surface area contributed by atoms with Crippen molar-refractivity contribution in [3.63, 3.8) is 0 Å². The molecule has 0 saturated heterocycles. The first kappa shape index (κ1) is 12.5. The van der Waals surface area contributed by atoms with Gasteiger partial charge in [0, 0.05) is 12.7 Å². The summed E-state index contributed by atoms with van der Waals surface area (Å²) >= 11 is 9.13. The maximum atomic E-state index is 10.3. The van der Waals surface area contributed by atoms with Gasteiger partial charge in [0.2, 0.25) is 0 Å². The van der Waals surface area contributed by atoms with E-state index >= 15 is 0 Å². The Morgan fingerprint density at radius 2 is 2.24 bits per heavy atom. The van der Waals surface area contributed by atoms with Crippen LogP contribution in [-0.4, -0.2) is 19.9 Å². The van der Waals surface area contributed by atoms with E-state index in [1.54, 1.807) is 23.0 Å². The maximum absolute atomic E-state index is 10.3. The molecule has 6 heteroatoms. The molecule has 2 aromatic rings. The highest BCUT2D eigenvalue weighted by Gasteiger charge is 2.19. The van der Waals surface area contributed by atoms with Crippen molar-refractivity contribution >= 4 is 27.5 Å². The lowest BCUT2D eigenvalue weighted by atomic mass is 10.1. The number of aromatic nitrogens is 3. The molecule has 4 nitrogen and oxygen atoms in total. The van der Waals surface area contributed by atoms with Crippen LogP contribution in [0.1, 0.15) is 24.4 Å². The van der Waals surface area contributed by atoms with Gasteiger partial charge in [0.25, 0.3) is 0 Å².